The highest BCUT2D eigenvalue weighted by atomic mass is 32.2. The molecule has 4 aliphatic rings. The lowest BCUT2D eigenvalue weighted by Gasteiger charge is -2.47. The van der Waals surface area contributed by atoms with E-state index in [2.05, 4.69) is 10.4 Å². The molecule has 2 atom stereocenters. The van der Waals surface area contributed by atoms with E-state index in [1.165, 1.54) is 24.3 Å². The molecule has 278 valence electrons. The molecular weight excluding hydrogens is 717 g/mol. The van der Waals surface area contributed by atoms with Crippen LogP contribution in [0.5, 0.6) is 5.75 Å². The minimum absolute atomic E-state index is 0.00574. The fraction of sp³-hybridized carbons (Fsp3) is 0.417. The molecule has 3 N–H and O–H groups in total. The van der Waals surface area contributed by atoms with Crippen molar-refractivity contribution in [2.45, 2.75) is 62.3 Å². The van der Waals surface area contributed by atoms with Crippen molar-refractivity contribution in [3.63, 3.8) is 0 Å². The third-order valence-electron chi connectivity index (χ3n) is 11.1. The summed E-state index contributed by atoms with van der Waals surface area (Å²) in [6, 6.07) is 10.6. The van der Waals surface area contributed by atoms with Crippen LogP contribution in [0.15, 0.2) is 42.5 Å². The molecule has 4 aromatic rings. The fourth-order valence-corrected chi connectivity index (χ4v) is 9.46. The Hall–Kier alpha value is -5.03. The van der Waals surface area contributed by atoms with Gasteiger partial charge in [0.05, 0.1) is 29.6 Å². The number of nitrogens with one attached hydrogen (secondary N) is 2. The molecule has 8 rings (SSSR count). The zero-order chi connectivity index (χ0) is 37.6. The maximum absolute atomic E-state index is 15.8. The van der Waals surface area contributed by atoms with Gasteiger partial charge >= 0.3 is 10.2 Å². The number of rotatable bonds is 7. The number of carbonyl (C=O) groups excluding carboxylic acids is 4. The summed E-state index contributed by atoms with van der Waals surface area (Å²) < 4.78 is 75.3. The molecule has 0 spiro atoms. The lowest BCUT2D eigenvalue weighted by molar-refractivity contribution is -0.134. The SMILES string of the molecule is Cn1nc(C2CCC(=O)NC2=O)c2ccc(C3CCN(C4CC(C(=O)Cc5ccc6c(F)c(N7CC(=O)NS7(=O)=O)c(O)cc6c5)C4)CC3(F)F)cc21. The number of ketones is 1. The number of likely N-dealkylation sites (tertiary alicyclic amines) is 1. The Bertz CT molecular complexity index is 2360. The molecule has 3 amide bonds. The van der Waals surface area contributed by atoms with Gasteiger partial charge in [-0.2, -0.15) is 13.5 Å². The highest BCUT2D eigenvalue weighted by Crippen LogP contribution is 2.45. The first-order valence-corrected chi connectivity index (χ1v) is 18.8. The van der Waals surface area contributed by atoms with Crippen LogP contribution in [-0.4, -0.2) is 83.3 Å². The van der Waals surface area contributed by atoms with Crippen LogP contribution in [0.25, 0.3) is 21.7 Å². The molecule has 13 nitrogen and oxygen atoms in total. The van der Waals surface area contributed by atoms with E-state index in [9.17, 15) is 32.7 Å². The van der Waals surface area contributed by atoms with Crippen molar-refractivity contribution >= 4 is 61.1 Å². The van der Waals surface area contributed by atoms with Crippen LogP contribution in [0.4, 0.5) is 18.9 Å². The Labute approximate surface area is 301 Å². The molecule has 2 unspecified atom stereocenters. The zero-order valence-corrected chi connectivity index (χ0v) is 29.3. The first-order chi connectivity index (χ1) is 25.1. The number of carbonyl (C=O) groups is 4. The molecule has 17 heteroatoms. The van der Waals surface area contributed by atoms with E-state index in [0.717, 1.165) is 0 Å². The standard InChI is InChI=1S/C36H35F3N6O7S/c1-43-27-14-19(3-5-24(27)33(41-43)25-6-7-30(48)40-35(25)50)26-8-9-44(17-36(26,38)39)22-12-21(13-22)28(46)11-18-2-4-23-20(10-18)15-29(47)34(32(23)37)45-16-31(49)42-53(45,51)52/h2-5,10,14-15,21-22,25-26,47H,6-9,11-13,16-17H2,1H3,(H,42,49)(H,40,48,50). The topological polar surface area (TPSA) is 171 Å². The van der Waals surface area contributed by atoms with Gasteiger partial charge in [-0.25, -0.2) is 22.2 Å². The van der Waals surface area contributed by atoms with E-state index >= 15 is 13.2 Å². The van der Waals surface area contributed by atoms with Crippen molar-refractivity contribution in [1.29, 1.82) is 0 Å². The summed E-state index contributed by atoms with van der Waals surface area (Å²) in [6.45, 7) is -0.693. The van der Waals surface area contributed by atoms with Crippen molar-refractivity contribution in [3.8, 4) is 5.75 Å². The molecule has 0 bridgehead atoms. The Morgan fingerprint density at radius 3 is 2.49 bits per heavy atom. The summed E-state index contributed by atoms with van der Waals surface area (Å²) in [6.07, 6.45) is 1.63. The average Bonchev–Trinajstić information content (AvgIpc) is 3.52. The van der Waals surface area contributed by atoms with Gasteiger partial charge in [0, 0.05) is 42.6 Å². The first kappa shape index (κ1) is 35.0. The normalized spacial score (nSPS) is 25.7. The molecule has 4 fully saturated rings. The Kier molecular flexibility index (Phi) is 8.29. The van der Waals surface area contributed by atoms with Crippen LogP contribution in [0.2, 0.25) is 0 Å². The Morgan fingerprint density at radius 1 is 1.04 bits per heavy atom. The van der Waals surface area contributed by atoms with Crippen LogP contribution < -0.4 is 14.3 Å². The zero-order valence-electron chi connectivity index (χ0n) is 28.4. The number of aromatic hydroxyl groups is 1. The van der Waals surface area contributed by atoms with Crippen molar-refractivity contribution in [1.82, 2.24) is 24.7 Å². The van der Waals surface area contributed by atoms with Crippen molar-refractivity contribution in [2.75, 3.05) is 23.9 Å². The molecule has 3 aromatic carbocycles. The van der Waals surface area contributed by atoms with Crippen LogP contribution >= 0.6 is 0 Å². The second kappa shape index (κ2) is 12.5. The maximum Gasteiger partial charge on any atom is 0.326 e. The van der Waals surface area contributed by atoms with Gasteiger partial charge in [0.1, 0.15) is 23.8 Å². The number of phenolic OH excluding ortho intramolecular Hbond substituents is 1. The smallest absolute Gasteiger partial charge is 0.326 e. The summed E-state index contributed by atoms with van der Waals surface area (Å²) in [5.41, 5.74) is 1.53. The molecule has 3 saturated heterocycles. The number of fused-ring (bicyclic) bond motifs is 2. The van der Waals surface area contributed by atoms with Gasteiger partial charge in [0.15, 0.2) is 5.82 Å². The van der Waals surface area contributed by atoms with Gasteiger partial charge in [-0.1, -0.05) is 30.3 Å². The second-order valence-electron chi connectivity index (χ2n) is 14.5. The predicted octanol–water partition coefficient (Wildman–Crippen LogP) is 3.29. The summed E-state index contributed by atoms with van der Waals surface area (Å²) in [5.74, 6) is -8.39. The third kappa shape index (κ3) is 6.08. The molecule has 1 saturated carbocycles. The number of benzene rings is 3. The molecule has 3 aliphatic heterocycles. The van der Waals surface area contributed by atoms with E-state index in [1.807, 2.05) is 0 Å². The number of alkyl halides is 2. The number of aromatic nitrogens is 2. The third-order valence-corrected chi connectivity index (χ3v) is 12.5. The highest BCUT2D eigenvalue weighted by Gasteiger charge is 2.49. The molecular formula is C36H35F3N6O7S. The van der Waals surface area contributed by atoms with Gasteiger partial charge in [-0.15, -0.1) is 0 Å². The number of anilines is 1. The average molecular weight is 753 g/mol. The summed E-state index contributed by atoms with van der Waals surface area (Å²) in [4.78, 5) is 50.7. The quantitative estimate of drug-likeness (QED) is 0.240. The number of hydrogen-bond donors (Lipinski definition) is 3. The second-order valence-corrected chi connectivity index (χ2v) is 16.1. The Balaban J connectivity index is 0.899. The van der Waals surface area contributed by atoms with E-state index in [1.54, 1.807) is 39.6 Å². The van der Waals surface area contributed by atoms with Gasteiger partial charge in [0.2, 0.25) is 11.8 Å². The Morgan fingerprint density at radius 2 is 1.79 bits per heavy atom. The van der Waals surface area contributed by atoms with Crippen LogP contribution in [0.3, 0.4) is 0 Å². The number of piperidine rings is 2. The number of amides is 3. The lowest BCUT2D eigenvalue weighted by Crippen LogP contribution is -2.55. The molecule has 1 aliphatic carbocycles. The highest BCUT2D eigenvalue weighted by molar-refractivity contribution is 7.92. The number of imide groups is 1. The van der Waals surface area contributed by atoms with Crippen LogP contribution in [-0.2, 0) is 42.9 Å². The monoisotopic (exact) mass is 752 g/mol. The lowest BCUT2D eigenvalue weighted by atomic mass is 9.74. The van der Waals surface area contributed by atoms with Crippen LogP contribution in [0.1, 0.15) is 60.8 Å². The minimum Gasteiger partial charge on any atom is -0.506 e. The van der Waals surface area contributed by atoms with E-state index in [0.29, 0.717) is 57.8 Å². The fourth-order valence-electron chi connectivity index (χ4n) is 8.29. The van der Waals surface area contributed by atoms with Crippen LogP contribution in [0, 0.1) is 11.7 Å². The molecule has 53 heavy (non-hydrogen) atoms. The van der Waals surface area contributed by atoms with Gasteiger partial charge < -0.3 is 5.11 Å². The van der Waals surface area contributed by atoms with E-state index in [-0.39, 0.29) is 53.7 Å². The predicted molar refractivity (Wildman–Crippen MR) is 185 cm³/mol. The number of aryl methyl sites for hydroxylation is 1. The summed E-state index contributed by atoms with van der Waals surface area (Å²) >= 11 is 0. The molecule has 4 heterocycles. The number of nitrogens with zero attached hydrogens (tertiary/aromatic N) is 4. The van der Waals surface area contributed by atoms with Gasteiger partial charge in [-0.05, 0) is 60.9 Å². The molecule has 0 radical (unpaired) electrons. The van der Waals surface area contributed by atoms with Gasteiger partial charge in [-0.3, -0.25) is 34.1 Å². The van der Waals surface area contributed by atoms with Crippen molar-refractivity contribution in [3.05, 3.63) is 65.1 Å². The number of hydrogen-bond acceptors (Lipinski definition) is 9. The van der Waals surface area contributed by atoms with Crippen molar-refractivity contribution in [2.24, 2.45) is 13.0 Å². The minimum atomic E-state index is -4.36. The first-order valence-electron chi connectivity index (χ1n) is 17.3. The number of Topliss-reactive ketones (excluding diaryl/α,β-unsaturated/α-hetero) is 1. The van der Waals surface area contributed by atoms with E-state index < -0.39 is 70.1 Å². The molecule has 1 aromatic heterocycles. The largest absolute Gasteiger partial charge is 0.506 e. The number of phenols is 1. The van der Waals surface area contributed by atoms with Crippen molar-refractivity contribution < 1.29 is 45.9 Å². The summed E-state index contributed by atoms with van der Waals surface area (Å²) in [7, 11) is -2.66. The number of halogens is 3. The maximum atomic E-state index is 15.8. The summed E-state index contributed by atoms with van der Waals surface area (Å²) in [5, 5.41) is 18.3. The van der Waals surface area contributed by atoms with Gasteiger partial charge in [0.25, 0.3) is 11.8 Å². The van der Waals surface area contributed by atoms with E-state index in [4.69, 9.17) is 0 Å².